The number of aromatic nitrogens is 2. The monoisotopic (exact) mass is 343 g/mol. The van der Waals surface area contributed by atoms with Crippen LogP contribution < -0.4 is 0 Å². The average molecular weight is 343 g/mol. The summed E-state index contributed by atoms with van der Waals surface area (Å²) >= 11 is 0. The summed E-state index contributed by atoms with van der Waals surface area (Å²) in [6.07, 6.45) is 1.52. The zero-order valence-corrected chi connectivity index (χ0v) is 13.9. The number of hydrogen-bond acceptors (Lipinski definition) is 4. The molecule has 0 atom stereocenters. The lowest BCUT2D eigenvalue weighted by Crippen LogP contribution is -2.22. The summed E-state index contributed by atoms with van der Waals surface area (Å²) in [4.78, 5) is 23.9. The van der Waals surface area contributed by atoms with Gasteiger partial charge < -0.3 is 10.2 Å². The van der Waals surface area contributed by atoms with Gasteiger partial charge in [-0.1, -0.05) is 12.1 Å². The molecule has 7 nitrogen and oxygen atoms in total. The van der Waals surface area contributed by atoms with Crippen molar-refractivity contribution >= 4 is 11.9 Å². The standard InChI is InChI=1S/C18H21N3O4/c22-17(23)7-6-15-10-16-12-20(8-1-9-21(16)19-15)11-13-2-4-14(5-3-13)18(24)25/h2-5,10H,1,6-9,11-12H2,(H,22,23)(H,24,25). The van der Waals surface area contributed by atoms with Crippen LogP contribution in [0, 0.1) is 0 Å². The van der Waals surface area contributed by atoms with Crippen molar-refractivity contribution < 1.29 is 19.8 Å². The number of carboxylic acid groups (broad SMARTS) is 2. The van der Waals surface area contributed by atoms with Crippen molar-refractivity contribution in [1.29, 1.82) is 0 Å². The maximum absolute atomic E-state index is 10.9. The summed E-state index contributed by atoms with van der Waals surface area (Å²) in [5.74, 6) is -1.73. The molecular formula is C18H21N3O4. The fourth-order valence-electron chi connectivity index (χ4n) is 3.09. The summed E-state index contributed by atoms with van der Waals surface area (Å²) < 4.78 is 1.98. The number of benzene rings is 1. The van der Waals surface area contributed by atoms with Gasteiger partial charge in [-0.25, -0.2) is 4.79 Å². The smallest absolute Gasteiger partial charge is 0.335 e. The highest BCUT2D eigenvalue weighted by atomic mass is 16.4. The topological polar surface area (TPSA) is 95.7 Å². The van der Waals surface area contributed by atoms with Gasteiger partial charge in [0.05, 0.1) is 23.4 Å². The minimum absolute atomic E-state index is 0.0933. The third-order valence-electron chi connectivity index (χ3n) is 4.35. The Morgan fingerprint density at radius 3 is 2.56 bits per heavy atom. The molecule has 0 saturated carbocycles. The van der Waals surface area contributed by atoms with Crippen molar-refractivity contribution in [3.63, 3.8) is 0 Å². The molecule has 0 saturated heterocycles. The normalized spacial score (nSPS) is 14.7. The van der Waals surface area contributed by atoms with E-state index in [4.69, 9.17) is 10.2 Å². The molecule has 2 aromatic rings. The highest BCUT2D eigenvalue weighted by Gasteiger charge is 2.17. The first-order chi connectivity index (χ1) is 12.0. The van der Waals surface area contributed by atoms with Gasteiger partial charge in [-0.2, -0.15) is 5.10 Å². The van der Waals surface area contributed by atoms with Crippen LogP contribution in [0.5, 0.6) is 0 Å². The highest BCUT2D eigenvalue weighted by Crippen LogP contribution is 2.17. The van der Waals surface area contributed by atoms with Crippen LogP contribution in [0.25, 0.3) is 0 Å². The zero-order chi connectivity index (χ0) is 17.8. The SMILES string of the molecule is O=C(O)CCc1cc2n(n1)CCCN(Cc1ccc(C(=O)O)cc1)C2. The third kappa shape index (κ3) is 4.45. The number of aliphatic carboxylic acids is 1. The van der Waals surface area contributed by atoms with E-state index in [1.54, 1.807) is 12.1 Å². The molecule has 25 heavy (non-hydrogen) atoms. The molecule has 2 heterocycles. The Morgan fingerprint density at radius 2 is 1.88 bits per heavy atom. The molecule has 1 aliphatic heterocycles. The zero-order valence-electron chi connectivity index (χ0n) is 13.9. The van der Waals surface area contributed by atoms with Crippen LogP contribution in [-0.4, -0.2) is 43.4 Å². The molecule has 0 spiro atoms. The molecule has 0 radical (unpaired) electrons. The molecular weight excluding hydrogens is 322 g/mol. The van der Waals surface area contributed by atoms with Crippen LogP contribution in [0.4, 0.5) is 0 Å². The predicted molar refractivity (Wildman–Crippen MR) is 90.3 cm³/mol. The molecule has 2 N–H and O–H groups in total. The summed E-state index contributed by atoms with van der Waals surface area (Å²) in [6, 6.07) is 8.95. The number of carbonyl (C=O) groups is 2. The Balaban J connectivity index is 1.66. The van der Waals surface area contributed by atoms with E-state index in [0.717, 1.165) is 49.6 Å². The summed E-state index contributed by atoms with van der Waals surface area (Å²) in [6.45, 7) is 3.27. The maximum atomic E-state index is 10.9. The summed E-state index contributed by atoms with van der Waals surface area (Å²) in [7, 11) is 0. The number of nitrogens with zero attached hydrogens (tertiary/aromatic N) is 3. The van der Waals surface area contributed by atoms with Crippen molar-refractivity contribution in [1.82, 2.24) is 14.7 Å². The molecule has 0 amide bonds. The van der Waals surface area contributed by atoms with E-state index in [0.29, 0.717) is 12.0 Å². The second-order valence-corrected chi connectivity index (χ2v) is 6.31. The van der Waals surface area contributed by atoms with E-state index >= 15 is 0 Å². The Labute approximate surface area is 145 Å². The average Bonchev–Trinajstić information content (AvgIpc) is 2.86. The second kappa shape index (κ2) is 7.48. The molecule has 1 aliphatic rings. The first-order valence-corrected chi connectivity index (χ1v) is 8.33. The van der Waals surface area contributed by atoms with Crippen molar-refractivity contribution in [2.75, 3.05) is 6.54 Å². The minimum Gasteiger partial charge on any atom is -0.481 e. The van der Waals surface area contributed by atoms with Crippen molar-refractivity contribution in [3.05, 3.63) is 52.8 Å². The van der Waals surface area contributed by atoms with E-state index < -0.39 is 11.9 Å². The molecule has 1 aromatic heterocycles. The minimum atomic E-state index is -0.917. The second-order valence-electron chi connectivity index (χ2n) is 6.31. The predicted octanol–water partition coefficient (Wildman–Crippen LogP) is 2.00. The lowest BCUT2D eigenvalue weighted by molar-refractivity contribution is -0.136. The molecule has 7 heteroatoms. The van der Waals surface area contributed by atoms with Gasteiger partial charge in [0, 0.05) is 32.6 Å². The number of aryl methyl sites for hydroxylation is 2. The van der Waals surface area contributed by atoms with Gasteiger partial charge in [0.1, 0.15) is 0 Å². The number of hydrogen-bond donors (Lipinski definition) is 2. The molecule has 0 fully saturated rings. The Bertz CT molecular complexity index is 767. The van der Waals surface area contributed by atoms with Gasteiger partial charge in [0.2, 0.25) is 0 Å². The van der Waals surface area contributed by atoms with E-state index in [2.05, 4.69) is 10.00 Å². The molecule has 0 bridgehead atoms. The van der Waals surface area contributed by atoms with Gasteiger partial charge in [-0.15, -0.1) is 0 Å². The van der Waals surface area contributed by atoms with Crippen LogP contribution in [-0.2, 0) is 30.8 Å². The number of aromatic carboxylic acids is 1. The number of rotatable bonds is 6. The van der Waals surface area contributed by atoms with Crippen LogP contribution in [0.15, 0.2) is 30.3 Å². The molecule has 1 aromatic carbocycles. The van der Waals surface area contributed by atoms with Crippen LogP contribution >= 0.6 is 0 Å². The molecule has 132 valence electrons. The lowest BCUT2D eigenvalue weighted by atomic mass is 10.1. The first kappa shape index (κ1) is 17.2. The highest BCUT2D eigenvalue weighted by molar-refractivity contribution is 5.87. The molecule has 0 unspecified atom stereocenters. The van der Waals surface area contributed by atoms with E-state index in [1.165, 1.54) is 0 Å². The summed E-state index contributed by atoms with van der Waals surface area (Å²) in [5.41, 5.74) is 3.29. The van der Waals surface area contributed by atoms with Crippen molar-refractivity contribution in [2.24, 2.45) is 0 Å². The van der Waals surface area contributed by atoms with Gasteiger partial charge in [-0.05, 0) is 30.2 Å². The third-order valence-corrected chi connectivity index (χ3v) is 4.35. The van der Waals surface area contributed by atoms with Gasteiger partial charge in [0.25, 0.3) is 0 Å². The molecule has 0 aliphatic carbocycles. The Hall–Kier alpha value is -2.67. The van der Waals surface area contributed by atoms with E-state index in [-0.39, 0.29) is 6.42 Å². The number of fused-ring (bicyclic) bond motifs is 1. The van der Waals surface area contributed by atoms with Crippen molar-refractivity contribution in [2.45, 2.75) is 38.9 Å². The Morgan fingerprint density at radius 1 is 1.12 bits per heavy atom. The quantitative estimate of drug-likeness (QED) is 0.833. The maximum Gasteiger partial charge on any atom is 0.335 e. The Kier molecular flexibility index (Phi) is 5.14. The first-order valence-electron chi connectivity index (χ1n) is 8.33. The largest absolute Gasteiger partial charge is 0.481 e. The van der Waals surface area contributed by atoms with E-state index in [1.807, 2.05) is 22.9 Å². The number of carboxylic acids is 2. The fraction of sp³-hybridized carbons (Fsp3) is 0.389. The van der Waals surface area contributed by atoms with Crippen LogP contribution in [0.2, 0.25) is 0 Å². The van der Waals surface area contributed by atoms with Crippen molar-refractivity contribution in [3.8, 4) is 0 Å². The van der Waals surface area contributed by atoms with Gasteiger partial charge >= 0.3 is 11.9 Å². The fourth-order valence-corrected chi connectivity index (χ4v) is 3.09. The van der Waals surface area contributed by atoms with Gasteiger partial charge in [-0.3, -0.25) is 14.4 Å². The van der Waals surface area contributed by atoms with Gasteiger partial charge in [0.15, 0.2) is 0 Å². The van der Waals surface area contributed by atoms with Crippen LogP contribution in [0.1, 0.15) is 40.2 Å². The lowest BCUT2D eigenvalue weighted by Gasteiger charge is -2.19. The molecule has 3 rings (SSSR count). The summed E-state index contributed by atoms with van der Waals surface area (Å²) in [5, 5.41) is 22.3. The van der Waals surface area contributed by atoms with Crippen LogP contribution in [0.3, 0.4) is 0 Å². The van der Waals surface area contributed by atoms with E-state index in [9.17, 15) is 9.59 Å².